The van der Waals surface area contributed by atoms with Crippen molar-refractivity contribution in [2.24, 2.45) is 0 Å². The van der Waals surface area contributed by atoms with Crippen molar-refractivity contribution in [3.05, 3.63) is 38.3 Å². The summed E-state index contributed by atoms with van der Waals surface area (Å²) in [7, 11) is 0. The van der Waals surface area contributed by atoms with Gasteiger partial charge in [-0.25, -0.2) is 0 Å². The summed E-state index contributed by atoms with van der Waals surface area (Å²) < 4.78 is 4.90. The van der Waals surface area contributed by atoms with Gasteiger partial charge in [-0.15, -0.1) is 0 Å². The number of amides is 1. The molecule has 1 amide bonds. The van der Waals surface area contributed by atoms with E-state index in [-0.39, 0.29) is 34.7 Å². The minimum Gasteiger partial charge on any atom is -0.466 e. The summed E-state index contributed by atoms with van der Waals surface area (Å²) in [6.45, 7) is 2.33. The van der Waals surface area contributed by atoms with Crippen molar-refractivity contribution >= 4 is 33.5 Å². The first-order valence-corrected chi connectivity index (χ1v) is 7.13. The molecule has 7 nitrogen and oxygen atoms in total. The van der Waals surface area contributed by atoms with E-state index in [2.05, 4.69) is 21.2 Å². The van der Waals surface area contributed by atoms with Crippen LogP contribution in [-0.4, -0.2) is 30.0 Å². The first-order valence-electron chi connectivity index (χ1n) is 6.34. The van der Waals surface area contributed by atoms with Crippen LogP contribution in [0.25, 0.3) is 0 Å². The second-order valence-corrected chi connectivity index (χ2v) is 4.85. The topological polar surface area (TPSA) is 98.5 Å². The third-order valence-electron chi connectivity index (χ3n) is 2.57. The van der Waals surface area contributed by atoms with Gasteiger partial charge in [-0.2, -0.15) is 0 Å². The maximum absolute atomic E-state index is 11.9. The predicted molar refractivity (Wildman–Crippen MR) is 79.0 cm³/mol. The molecule has 0 atom stereocenters. The quantitative estimate of drug-likeness (QED) is 0.349. The minimum absolute atomic E-state index is 0.137. The van der Waals surface area contributed by atoms with Crippen molar-refractivity contribution in [2.75, 3.05) is 13.2 Å². The van der Waals surface area contributed by atoms with Crippen LogP contribution < -0.4 is 5.32 Å². The van der Waals surface area contributed by atoms with Crippen molar-refractivity contribution in [1.82, 2.24) is 5.32 Å². The zero-order chi connectivity index (χ0) is 15.8. The number of nitrogens with one attached hydrogen (secondary N) is 1. The molecule has 0 fully saturated rings. The molecule has 0 spiro atoms. The number of hydrogen-bond donors (Lipinski definition) is 1. The molecule has 8 heteroatoms. The number of benzene rings is 1. The Bertz CT molecular complexity index is 547. The average Bonchev–Trinajstić information content (AvgIpc) is 2.43. The number of carbonyl (C=O) groups is 2. The van der Waals surface area contributed by atoms with Gasteiger partial charge in [0.15, 0.2) is 0 Å². The van der Waals surface area contributed by atoms with Crippen molar-refractivity contribution < 1.29 is 19.2 Å². The van der Waals surface area contributed by atoms with E-state index < -0.39 is 10.8 Å². The van der Waals surface area contributed by atoms with Crippen LogP contribution in [0.4, 0.5) is 5.69 Å². The average molecular weight is 359 g/mol. The number of hydrogen-bond acceptors (Lipinski definition) is 5. The molecule has 0 saturated carbocycles. The van der Waals surface area contributed by atoms with E-state index in [1.807, 2.05) is 0 Å². The number of rotatable bonds is 7. The van der Waals surface area contributed by atoms with Gasteiger partial charge in [-0.1, -0.05) is 6.07 Å². The van der Waals surface area contributed by atoms with Crippen LogP contribution in [0.15, 0.2) is 22.7 Å². The second-order valence-electron chi connectivity index (χ2n) is 4.06. The molecule has 0 saturated heterocycles. The lowest BCUT2D eigenvalue weighted by atomic mass is 10.2. The SMILES string of the molecule is CCOC(=O)CCCNC(=O)c1cccc([N+](=O)[O-])c1Br. The fourth-order valence-corrected chi connectivity index (χ4v) is 2.19. The molecular weight excluding hydrogens is 344 g/mol. The van der Waals surface area contributed by atoms with Gasteiger partial charge >= 0.3 is 5.97 Å². The maximum atomic E-state index is 11.9. The Morgan fingerprint density at radius 2 is 2.14 bits per heavy atom. The third kappa shape index (κ3) is 5.14. The molecule has 0 heterocycles. The molecule has 1 N–H and O–H groups in total. The first kappa shape index (κ1) is 17.1. The van der Waals surface area contributed by atoms with Gasteiger partial charge in [0.05, 0.1) is 17.1 Å². The zero-order valence-corrected chi connectivity index (χ0v) is 13.0. The normalized spacial score (nSPS) is 10.0. The second kappa shape index (κ2) is 8.35. The lowest BCUT2D eigenvalue weighted by Crippen LogP contribution is -2.25. The summed E-state index contributed by atoms with van der Waals surface area (Å²) in [6, 6.07) is 4.23. The summed E-state index contributed by atoms with van der Waals surface area (Å²) in [5, 5.41) is 13.4. The van der Waals surface area contributed by atoms with E-state index in [0.29, 0.717) is 13.0 Å². The smallest absolute Gasteiger partial charge is 0.305 e. The van der Waals surface area contributed by atoms with Gasteiger partial charge < -0.3 is 10.1 Å². The fraction of sp³-hybridized carbons (Fsp3) is 0.385. The van der Waals surface area contributed by atoms with E-state index in [1.54, 1.807) is 6.92 Å². The van der Waals surface area contributed by atoms with E-state index in [9.17, 15) is 19.7 Å². The highest BCUT2D eigenvalue weighted by Crippen LogP contribution is 2.28. The highest BCUT2D eigenvalue weighted by molar-refractivity contribution is 9.10. The summed E-state index contributed by atoms with van der Waals surface area (Å²) in [6.07, 6.45) is 0.654. The van der Waals surface area contributed by atoms with Gasteiger partial charge in [0, 0.05) is 19.0 Å². The van der Waals surface area contributed by atoms with Crippen LogP contribution in [0.5, 0.6) is 0 Å². The fourth-order valence-electron chi connectivity index (χ4n) is 1.60. The van der Waals surface area contributed by atoms with Gasteiger partial charge in [-0.3, -0.25) is 19.7 Å². The van der Waals surface area contributed by atoms with Crippen molar-refractivity contribution in [3.63, 3.8) is 0 Å². The molecule has 114 valence electrons. The van der Waals surface area contributed by atoms with Gasteiger partial charge in [-0.05, 0) is 35.3 Å². The number of ether oxygens (including phenoxy) is 1. The molecule has 1 aromatic rings. The third-order valence-corrected chi connectivity index (χ3v) is 3.40. The van der Waals surface area contributed by atoms with Gasteiger partial charge in [0.25, 0.3) is 11.6 Å². The summed E-state index contributed by atoms with van der Waals surface area (Å²) in [5.74, 6) is -0.752. The van der Waals surface area contributed by atoms with Gasteiger partial charge in [0.1, 0.15) is 4.47 Å². The van der Waals surface area contributed by atoms with Crippen LogP contribution in [0.3, 0.4) is 0 Å². The predicted octanol–water partition coefficient (Wildman–Crippen LogP) is 2.43. The Labute approximate surface area is 129 Å². The first-order chi connectivity index (χ1) is 9.97. The van der Waals surface area contributed by atoms with Crippen molar-refractivity contribution in [1.29, 1.82) is 0 Å². The molecule has 21 heavy (non-hydrogen) atoms. The molecular formula is C13H15BrN2O5. The molecule has 0 aliphatic carbocycles. The summed E-state index contributed by atoms with van der Waals surface area (Å²) >= 11 is 3.06. The molecule has 0 aliphatic rings. The summed E-state index contributed by atoms with van der Waals surface area (Å²) in [5.41, 5.74) is 0.00880. The maximum Gasteiger partial charge on any atom is 0.305 e. The molecule has 1 rings (SSSR count). The number of nitrogens with zero attached hydrogens (tertiary/aromatic N) is 1. The Balaban J connectivity index is 2.55. The highest BCUT2D eigenvalue weighted by Gasteiger charge is 2.19. The van der Waals surface area contributed by atoms with Crippen LogP contribution >= 0.6 is 15.9 Å². The number of nitro groups is 1. The van der Waals surface area contributed by atoms with Crippen LogP contribution in [0.2, 0.25) is 0 Å². The van der Waals surface area contributed by atoms with Crippen LogP contribution in [0.1, 0.15) is 30.1 Å². The number of halogens is 1. The molecule has 0 unspecified atom stereocenters. The Hall–Kier alpha value is -1.96. The Kier molecular flexibility index (Phi) is 6.80. The van der Waals surface area contributed by atoms with E-state index in [1.165, 1.54) is 18.2 Å². The van der Waals surface area contributed by atoms with Crippen LogP contribution in [-0.2, 0) is 9.53 Å². The standard InChI is InChI=1S/C13H15BrN2O5/c1-2-21-11(17)7-4-8-15-13(18)9-5-3-6-10(12(9)14)16(19)20/h3,5-6H,2,4,7-8H2,1H3,(H,15,18). The number of esters is 1. The molecule has 0 aliphatic heterocycles. The molecule has 1 aromatic carbocycles. The molecule has 0 bridgehead atoms. The lowest BCUT2D eigenvalue weighted by molar-refractivity contribution is -0.385. The van der Waals surface area contributed by atoms with Crippen LogP contribution in [0, 0.1) is 10.1 Å². The Morgan fingerprint density at radius 3 is 2.76 bits per heavy atom. The summed E-state index contributed by atoms with van der Waals surface area (Å²) in [4.78, 5) is 33.3. The van der Waals surface area contributed by atoms with Gasteiger partial charge in [0.2, 0.25) is 0 Å². The van der Waals surface area contributed by atoms with E-state index in [0.717, 1.165) is 0 Å². The van der Waals surface area contributed by atoms with E-state index >= 15 is 0 Å². The highest BCUT2D eigenvalue weighted by atomic mass is 79.9. The number of nitro benzene ring substituents is 1. The molecule has 0 aromatic heterocycles. The van der Waals surface area contributed by atoms with Crippen molar-refractivity contribution in [2.45, 2.75) is 19.8 Å². The lowest BCUT2D eigenvalue weighted by Gasteiger charge is -2.07. The molecule has 0 radical (unpaired) electrons. The monoisotopic (exact) mass is 358 g/mol. The Morgan fingerprint density at radius 1 is 1.43 bits per heavy atom. The zero-order valence-electron chi connectivity index (χ0n) is 11.4. The van der Waals surface area contributed by atoms with Crippen molar-refractivity contribution in [3.8, 4) is 0 Å². The minimum atomic E-state index is -0.568. The number of carbonyl (C=O) groups excluding carboxylic acids is 2. The van der Waals surface area contributed by atoms with E-state index in [4.69, 9.17) is 4.74 Å². The largest absolute Gasteiger partial charge is 0.466 e.